The second-order valence-corrected chi connectivity index (χ2v) is 6.95. The number of nitrogens with zero attached hydrogens (tertiary/aromatic N) is 2. The van der Waals surface area contributed by atoms with E-state index in [1.165, 1.54) is 0 Å². The van der Waals surface area contributed by atoms with E-state index in [1.807, 2.05) is 12.1 Å². The number of hydrogen-bond acceptors (Lipinski definition) is 2. The van der Waals surface area contributed by atoms with E-state index in [4.69, 9.17) is 0 Å². The third kappa shape index (κ3) is 2.18. The van der Waals surface area contributed by atoms with Crippen molar-refractivity contribution in [2.24, 2.45) is 25.9 Å². The lowest BCUT2D eigenvalue weighted by Gasteiger charge is -2.15. The van der Waals surface area contributed by atoms with Crippen molar-refractivity contribution in [1.82, 2.24) is 9.13 Å². The highest BCUT2D eigenvalue weighted by Gasteiger charge is 2.31. The molecule has 0 spiro atoms. The van der Waals surface area contributed by atoms with Crippen molar-refractivity contribution >= 4 is 32.7 Å². The van der Waals surface area contributed by atoms with Gasteiger partial charge in [0.25, 0.3) is 0 Å². The summed E-state index contributed by atoms with van der Waals surface area (Å²) in [6.45, 7) is 2.15. The molecule has 5 heteroatoms. The van der Waals surface area contributed by atoms with Gasteiger partial charge in [-0.2, -0.15) is 0 Å². The van der Waals surface area contributed by atoms with Crippen molar-refractivity contribution in [1.29, 1.82) is 0 Å². The van der Waals surface area contributed by atoms with Gasteiger partial charge in [0.1, 0.15) is 0 Å². The predicted octanol–water partition coefficient (Wildman–Crippen LogP) is 3.26. The second-order valence-electron chi connectivity index (χ2n) is 6.10. The molecule has 0 bridgehead atoms. The maximum absolute atomic E-state index is 12.8. The number of aryl methyl sites for hydroxylation is 2. The second kappa shape index (κ2) is 5.13. The molecule has 0 saturated heterocycles. The van der Waals surface area contributed by atoms with Gasteiger partial charge < -0.3 is 0 Å². The molecule has 2 atom stereocenters. The molecule has 21 heavy (non-hydrogen) atoms. The monoisotopic (exact) mass is 350 g/mol. The summed E-state index contributed by atoms with van der Waals surface area (Å²) in [6.07, 6.45) is 3.22. The summed E-state index contributed by atoms with van der Waals surface area (Å²) < 4.78 is 3.98. The van der Waals surface area contributed by atoms with Gasteiger partial charge in [-0.25, -0.2) is 4.79 Å². The Morgan fingerprint density at radius 3 is 2.38 bits per heavy atom. The Balaban J connectivity index is 2.15. The van der Waals surface area contributed by atoms with Crippen molar-refractivity contribution in [2.75, 3.05) is 0 Å². The third-order valence-corrected chi connectivity index (χ3v) is 5.48. The average molecular weight is 351 g/mol. The Kier molecular flexibility index (Phi) is 3.56. The first-order chi connectivity index (χ1) is 9.91. The minimum Gasteiger partial charge on any atom is -0.295 e. The van der Waals surface area contributed by atoms with Crippen molar-refractivity contribution < 1.29 is 4.79 Å². The van der Waals surface area contributed by atoms with Crippen LogP contribution in [0, 0.1) is 11.8 Å². The number of Topliss-reactive ketones (excluding diaryl/α,β-unsaturated/α-hetero) is 1. The van der Waals surface area contributed by atoms with Gasteiger partial charge in [-0.15, -0.1) is 0 Å². The number of benzene rings is 1. The molecule has 1 aliphatic rings. The molecule has 2 unspecified atom stereocenters. The smallest absolute Gasteiger partial charge is 0.295 e. The van der Waals surface area contributed by atoms with Gasteiger partial charge in [-0.1, -0.05) is 13.3 Å². The number of rotatable bonds is 2. The van der Waals surface area contributed by atoms with Crippen LogP contribution in [0.5, 0.6) is 0 Å². The molecule has 2 aromatic rings. The highest BCUT2D eigenvalue weighted by Crippen LogP contribution is 2.36. The number of fused-ring (bicyclic) bond motifs is 1. The van der Waals surface area contributed by atoms with Crippen molar-refractivity contribution in [3.8, 4) is 0 Å². The highest BCUT2D eigenvalue weighted by atomic mass is 79.9. The van der Waals surface area contributed by atoms with Gasteiger partial charge in [0.15, 0.2) is 5.78 Å². The van der Waals surface area contributed by atoms with Gasteiger partial charge in [0.2, 0.25) is 0 Å². The average Bonchev–Trinajstić information content (AvgIpc) is 2.97. The molecule has 0 N–H and O–H groups in total. The zero-order valence-electron chi connectivity index (χ0n) is 12.5. The minimum atomic E-state index is -0.0734. The van der Waals surface area contributed by atoms with Crippen LogP contribution in [0.15, 0.2) is 21.4 Å². The molecule has 1 aliphatic carbocycles. The molecule has 0 radical (unpaired) electrons. The zero-order chi connectivity index (χ0) is 15.3. The fraction of sp³-hybridized carbons (Fsp3) is 0.500. The largest absolute Gasteiger partial charge is 0.328 e. The van der Waals surface area contributed by atoms with Gasteiger partial charge in [0, 0.05) is 30.0 Å². The molecule has 1 aromatic heterocycles. The molecular formula is C16H19BrN2O2. The molecule has 4 nitrogen and oxygen atoms in total. The number of carbonyl (C=O) groups excluding carboxylic acids is 1. The van der Waals surface area contributed by atoms with Crippen molar-refractivity contribution in [2.45, 2.75) is 26.2 Å². The maximum Gasteiger partial charge on any atom is 0.328 e. The lowest BCUT2D eigenvalue weighted by molar-refractivity contribution is 0.0896. The molecule has 1 heterocycles. The predicted molar refractivity (Wildman–Crippen MR) is 86.7 cm³/mol. The van der Waals surface area contributed by atoms with Crippen molar-refractivity contribution in [3.05, 3.63) is 32.7 Å². The number of carbonyl (C=O) groups is 1. The molecule has 112 valence electrons. The van der Waals surface area contributed by atoms with Crippen molar-refractivity contribution in [3.63, 3.8) is 0 Å². The number of hydrogen-bond donors (Lipinski definition) is 0. The molecule has 1 saturated carbocycles. The first-order valence-corrected chi connectivity index (χ1v) is 8.10. The third-order valence-electron chi connectivity index (χ3n) is 4.82. The quantitative estimate of drug-likeness (QED) is 0.780. The van der Waals surface area contributed by atoms with Crippen LogP contribution >= 0.6 is 15.9 Å². The summed E-state index contributed by atoms with van der Waals surface area (Å²) in [7, 11) is 3.49. The highest BCUT2D eigenvalue weighted by molar-refractivity contribution is 9.10. The zero-order valence-corrected chi connectivity index (χ0v) is 14.1. The van der Waals surface area contributed by atoms with Crippen LogP contribution in [0.1, 0.15) is 36.5 Å². The standard InChI is InChI=1S/C16H19BrN2O2/c1-9-5-4-6-10(9)15(20)11-7-13-14(8-12(11)17)19(3)16(21)18(13)2/h7-10H,4-6H2,1-3H3. The Hall–Kier alpha value is -1.36. The summed E-state index contributed by atoms with van der Waals surface area (Å²) in [5.74, 6) is 0.754. The number of ketones is 1. The molecule has 3 rings (SSSR count). The van der Waals surface area contributed by atoms with E-state index in [9.17, 15) is 9.59 Å². The van der Waals surface area contributed by atoms with Crippen LogP contribution in [0.2, 0.25) is 0 Å². The Morgan fingerprint density at radius 2 is 1.81 bits per heavy atom. The topological polar surface area (TPSA) is 44.0 Å². The SMILES string of the molecule is CC1CCCC1C(=O)c1cc2c(cc1Br)n(C)c(=O)n2C. The van der Waals surface area contributed by atoms with E-state index in [-0.39, 0.29) is 17.4 Å². The molecule has 1 fully saturated rings. The minimum absolute atomic E-state index is 0.0734. The Bertz CT molecular complexity index is 788. The summed E-state index contributed by atoms with van der Waals surface area (Å²) in [5, 5.41) is 0. The molecule has 1 aromatic carbocycles. The number of halogens is 1. The molecule has 0 aliphatic heterocycles. The fourth-order valence-corrected chi connectivity index (χ4v) is 3.97. The Morgan fingerprint density at radius 1 is 1.19 bits per heavy atom. The lowest BCUT2D eigenvalue weighted by Crippen LogP contribution is -2.19. The van der Waals surface area contributed by atoms with Crippen LogP contribution in [0.3, 0.4) is 0 Å². The van der Waals surface area contributed by atoms with Crippen LogP contribution in [0.25, 0.3) is 11.0 Å². The Labute approximate surface area is 131 Å². The maximum atomic E-state index is 12.8. The van der Waals surface area contributed by atoms with E-state index >= 15 is 0 Å². The lowest BCUT2D eigenvalue weighted by atomic mass is 9.89. The summed E-state index contributed by atoms with van der Waals surface area (Å²) >= 11 is 3.51. The van der Waals surface area contributed by atoms with E-state index < -0.39 is 0 Å². The van der Waals surface area contributed by atoms with E-state index in [2.05, 4.69) is 22.9 Å². The van der Waals surface area contributed by atoms with E-state index in [0.717, 1.165) is 34.8 Å². The van der Waals surface area contributed by atoms with Crippen LogP contribution in [-0.2, 0) is 14.1 Å². The van der Waals surface area contributed by atoms with E-state index in [1.54, 1.807) is 23.2 Å². The summed E-state index contributed by atoms with van der Waals surface area (Å²) in [5.41, 5.74) is 2.27. The van der Waals surface area contributed by atoms with E-state index in [0.29, 0.717) is 11.5 Å². The molecular weight excluding hydrogens is 332 g/mol. The van der Waals surface area contributed by atoms with Crippen LogP contribution in [-0.4, -0.2) is 14.9 Å². The van der Waals surface area contributed by atoms with Gasteiger partial charge in [0.05, 0.1) is 11.0 Å². The summed E-state index contributed by atoms with van der Waals surface area (Å²) in [4.78, 5) is 24.8. The van der Waals surface area contributed by atoms with Crippen LogP contribution < -0.4 is 5.69 Å². The van der Waals surface area contributed by atoms with Crippen LogP contribution in [0.4, 0.5) is 0 Å². The van der Waals surface area contributed by atoms with Gasteiger partial charge in [-0.3, -0.25) is 13.9 Å². The fourth-order valence-electron chi connectivity index (χ4n) is 3.44. The summed E-state index contributed by atoms with van der Waals surface area (Å²) in [6, 6.07) is 3.73. The molecule has 0 amide bonds. The van der Waals surface area contributed by atoms with Gasteiger partial charge in [-0.05, 0) is 46.8 Å². The first kappa shape index (κ1) is 14.6. The van der Waals surface area contributed by atoms with Gasteiger partial charge >= 0.3 is 5.69 Å². The number of imidazole rings is 1. The first-order valence-electron chi connectivity index (χ1n) is 7.31. The normalized spacial score (nSPS) is 22.1. The number of aromatic nitrogens is 2.